The van der Waals surface area contributed by atoms with E-state index in [0.29, 0.717) is 0 Å². The number of anilines is 1. The van der Waals surface area contributed by atoms with Gasteiger partial charge < -0.3 is 9.88 Å². The Morgan fingerprint density at radius 3 is 2.28 bits per heavy atom. The second kappa shape index (κ2) is 8.79. The molecule has 4 rings (SSSR count). The molecule has 0 aliphatic heterocycles. The van der Waals surface area contributed by atoms with Crippen molar-refractivity contribution in [2.24, 2.45) is 0 Å². The first kappa shape index (κ1) is 22.1. The van der Waals surface area contributed by atoms with Crippen LogP contribution in [-0.4, -0.2) is 15.1 Å². The fourth-order valence-electron chi connectivity index (χ4n) is 4.51. The van der Waals surface area contributed by atoms with Crippen molar-refractivity contribution in [2.45, 2.75) is 46.1 Å². The molecule has 0 fully saturated rings. The third kappa shape index (κ3) is 4.03. The Bertz CT molecular complexity index is 1240. The predicted molar refractivity (Wildman–Crippen MR) is 142 cm³/mol. The molecule has 1 unspecified atom stereocenters. The van der Waals surface area contributed by atoms with E-state index >= 15 is 0 Å². The summed E-state index contributed by atoms with van der Waals surface area (Å²) in [6.07, 6.45) is 16.3. The van der Waals surface area contributed by atoms with E-state index in [9.17, 15) is 0 Å². The molecule has 3 aromatic rings. The van der Waals surface area contributed by atoms with Crippen LogP contribution in [-0.2, 0) is 0 Å². The van der Waals surface area contributed by atoms with Gasteiger partial charge in [-0.05, 0) is 75.9 Å². The molecular formula is C28H31N3S. The number of para-hydroxylation sites is 1. The van der Waals surface area contributed by atoms with Crippen LogP contribution in [0.25, 0.3) is 28.1 Å². The van der Waals surface area contributed by atoms with Crippen molar-refractivity contribution in [3.8, 4) is 5.69 Å². The average molecular weight is 442 g/mol. The highest BCUT2D eigenvalue weighted by atomic mass is 32.1. The molecule has 4 heteroatoms. The zero-order valence-corrected chi connectivity index (χ0v) is 20.2. The molecule has 3 nitrogen and oxygen atoms in total. The summed E-state index contributed by atoms with van der Waals surface area (Å²) in [5, 5.41) is 4.70. The largest absolute Gasteiger partial charge is 0.356 e. The Hall–Kier alpha value is -3.11. The molecular weight excluding hydrogens is 410 g/mol. The lowest BCUT2D eigenvalue weighted by Gasteiger charge is -2.25. The number of rotatable bonds is 7. The van der Waals surface area contributed by atoms with Crippen LogP contribution in [0.1, 0.15) is 49.2 Å². The van der Waals surface area contributed by atoms with Crippen LogP contribution in [0.2, 0.25) is 0 Å². The second-order valence-corrected chi connectivity index (χ2v) is 9.84. The van der Waals surface area contributed by atoms with Gasteiger partial charge in [0.15, 0.2) is 5.13 Å². The molecule has 1 aliphatic carbocycles. The normalized spacial score (nSPS) is 18.7. The number of benzene rings is 1. The van der Waals surface area contributed by atoms with E-state index in [4.69, 9.17) is 4.98 Å². The van der Waals surface area contributed by atoms with Crippen molar-refractivity contribution in [3.63, 3.8) is 0 Å². The Morgan fingerprint density at radius 2 is 1.72 bits per heavy atom. The quantitative estimate of drug-likeness (QED) is 0.297. The number of hydrogen-bond acceptors (Lipinski definition) is 3. The zero-order valence-electron chi connectivity index (χ0n) is 19.4. The molecule has 1 N–H and O–H groups in total. The Kier molecular flexibility index (Phi) is 6.07. The lowest BCUT2D eigenvalue weighted by atomic mass is 9.99. The first-order chi connectivity index (χ1) is 15.4. The van der Waals surface area contributed by atoms with Gasteiger partial charge in [0.1, 0.15) is 5.52 Å². The highest BCUT2D eigenvalue weighted by Gasteiger charge is 2.29. The number of allylic oxidation sites excluding steroid dienone is 4. The first-order valence-corrected chi connectivity index (χ1v) is 11.8. The summed E-state index contributed by atoms with van der Waals surface area (Å²) in [6.45, 7) is 16.5. The minimum absolute atomic E-state index is 0.0362. The van der Waals surface area contributed by atoms with Crippen molar-refractivity contribution in [3.05, 3.63) is 89.8 Å². The maximum atomic E-state index is 5.08. The highest BCUT2D eigenvalue weighted by Crippen LogP contribution is 2.38. The summed E-state index contributed by atoms with van der Waals surface area (Å²) >= 11 is 1.72. The number of nitrogens with one attached hydrogen (secondary N) is 1. The molecule has 0 saturated carbocycles. The minimum atomic E-state index is 0.0362. The van der Waals surface area contributed by atoms with E-state index in [1.165, 1.54) is 21.4 Å². The maximum Gasteiger partial charge on any atom is 0.184 e. The van der Waals surface area contributed by atoms with Crippen LogP contribution in [0.4, 0.5) is 5.13 Å². The van der Waals surface area contributed by atoms with Gasteiger partial charge in [0.25, 0.3) is 0 Å². The fourth-order valence-corrected chi connectivity index (χ4v) is 5.54. The van der Waals surface area contributed by atoms with Gasteiger partial charge in [-0.15, -0.1) is 0 Å². The number of aromatic nitrogens is 2. The SMILES string of the molecule is C=C/C=C\c1c(C)c(C)c(/C=C\C=C)n1-c1cccc2sc(NC3(C)CC=C(C)C3)nc12. The average Bonchev–Trinajstić information content (AvgIpc) is 3.39. The topological polar surface area (TPSA) is 29.9 Å². The van der Waals surface area contributed by atoms with Gasteiger partial charge in [0.05, 0.1) is 10.4 Å². The standard InChI is InChI=1S/C28H31N3S/c1-7-9-12-22-20(4)21(5)23(13-10-8-2)31(22)24-14-11-15-25-26(24)29-27(32-25)30-28(6)17-16-19(3)18-28/h7-16H,1-2,17-18H2,3-6H3,(H,29,30)/b12-9-,13-10-. The molecule has 32 heavy (non-hydrogen) atoms. The summed E-state index contributed by atoms with van der Waals surface area (Å²) in [4.78, 5) is 5.08. The van der Waals surface area contributed by atoms with Crippen LogP contribution in [0.5, 0.6) is 0 Å². The Labute approximate surface area is 195 Å². The number of thiazole rings is 1. The van der Waals surface area contributed by atoms with Crippen molar-refractivity contribution in [1.82, 2.24) is 9.55 Å². The third-order valence-corrected chi connectivity index (χ3v) is 7.15. The molecule has 0 amide bonds. The van der Waals surface area contributed by atoms with Crippen LogP contribution in [0, 0.1) is 13.8 Å². The molecule has 2 heterocycles. The van der Waals surface area contributed by atoms with Gasteiger partial charge in [-0.25, -0.2) is 4.98 Å². The second-order valence-electron chi connectivity index (χ2n) is 8.81. The zero-order chi connectivity index (χ0) is 22.9. The van der Waals surface area contributed by atoms with Gasteiger partial charge in [-0.2, -0.15) is 0 Å². The van der Waals surface area contributed by atoms with Crippen molar-refractivity contribution < 1.29 is 0 Å². The van der Waals surface area contributed by atoms with E-state index in [2.05, 4.69) is 87.2 Å². The monoisotopic (exact) mass is 441 g/mol. The molecule has 0 saturated heterocycles. The minimum Gasteiger partial charge on any atom is -0.356 e. The molecule has 1 aromatic carbocycles. The number of fused-ring (bicyclic) bond motifs is 1. The van der Waals surface area contributed by atoms with Crippen LogP contribution in [0.3, 0.4) is 0 Å². The van der Waals surface area contributed by atoms with Crippen LogP contribution >= 0.6 is 11.3 Å². The van der Waals surface area contributed by atoms with Crippen molar-refractivity contribution in [1.29, 1.82) is 0 Å². The van der Waals surface area contributed by atoms with Gasteiger partial charge >= 0.3 is 0 Å². The number of nitrogens with zero attached hydrogens (tertiary/aromatic N) is 2. The molecule has 0 radical (unpaired) electrons. The van der Waals surface area contributed by atoms with E-state index < -0.39 is 0 Å². The molecule has 1 aliphatic rings. The van der Waals surface area contributed by atoms with Gasteiger partial charge in [0.2, 0.25) is 0 Å². The molecule has 2 aromatic heterocycles. The van der Waals surface area contributed by atoms with Crippen LogP contribution < -0.4 is 5.32 Å². The van der Waals surface area contributed by atoms with E-state index in [1.54, 1.807) is 11.3 Å². The van der Waals surface area contributed by atoms with E-state index in [1.807, 2.05) is 24.3 Å². The lowest BCUT2D eigenvalue weighted by molar-refractivity contribution is 0.546. The van der Waals surface area contributed by atoms with Crippen molar-refractivity contribution >= 4 is 38.8 Å². The summed E-state index contributed by atoms with van der Waals surface area (Å²) < 4.78 is 3.48. The molecule has 0 spiro atoms. The maximum absolute atomic E-state index is 5.08. The first-order valence-electron chi connectivity index (χ1n) is 11.0. The summed E-state index contributed by atoms with van der Waals surface area (Å²) in [5.74, 6) is 0. The highest BCUT2D eigenvalue weighted by molar-refractivity contribution is 7.22. The summed E-state index contributed by atoms with van der Waals surface area (Å²) in [5.41, 5.74) is 8.36. The molecule has 164 valence electrons. The lowest BCUT2D eigenvalue weighted by Crippen LogP contribution is -2.31. The smallest absolute Gasteiger partial charge is 0.184 e. The van der Waals surface area contributed by atoms with Crippen LogP contribution in [0.15, 0.2) is 67.3 Å². The van der Waals surface area contributed by atoms with Gasteiger partial charge in [0, 0.05) is 16.9 Å². The fraction of sp³-hybridized carbons (Fsp3) is 0.250. The van der Waals surface area contributed by atoms with Gasteiger partial charge in [-0.1, -0.05) is 66.5 Å². The Morgan fingerprint density at radius 1 is 1.06 bits per heavy atom. The van der Waals surface area contributed by atoms with Gasteiger partial charge in [-0.3, -0.25) is 0 Å². The third-order valence-electron chi connectivity index (χ3n) is 6.21. The summed E-state index contributed by atoms with van der Waals surface area (Å²) in [6, 6.07) is 6.43. The van der Waals surface area contributed by atoms with E-state index in [0.717, 1.165) is 40.6 Å². The molecule has 0 bridgehead atoms. The summed E-state index contributed by atoms with van der Waals surface area (Å²) in [7, 11) is 0. The van der Waals surface area contributed by atoms with E-state index in [-0.39, 0.29) is 5.54 Å². The Balaban J connectivity index is 1.88. The van der Waals surface area contributed by atoms with Crippen molar-refractivity contribution in [2.75, 3.05) is 5.32 Å². The molecule has 1 atom stereocenters. The predicted octanol–water partition coefficient (Wildman–Crippen LogP) is 8.01. The number of hydrogen-bond donors (Lipinski definition) is 1.